The quantitative estimate of drug-likeness (QED) is 0.250. The summed E-state index contributed by atoms with van der Waals surface area (Å²) in [5, 5.41) is 2.89. The van der Waals surface area contributed by atoms with Crippen LogP contribution in [0.15, 0.2) is 43.0 Å². The van der Waals surface area contributed by atoms with Crippen molar-refractivity contribution >= 4 is 39.4 Å². The molecule has 1 saturated heterocycles. The number of ether oxygens (including phenoxy) is 1. The lowest BCUT2D eigenvalue weighted by Crippen LogP contribution is -2.48. The maximum atomic E-state index is 12.8. The molecule has 3 aromatic rings. The van der Waals surface area contributed by atoms with Crippen molar-refractivity contribution in [2.24, 2.45) is 0 Å². The van der Waals surface area contributed by atoms with E-state index in [0.717, 1.165) is 6.42 Å². The molecule has 1 aromatic carbocycles. The van der Waals surface area contributed by atoms with Gasteiger partial charge in [0.2, 0.25) is 0 Å². The molecular weight excluding hydrogens is 517 g/mol. The van der Waals surface area contributed by atoms with Crippen LogP contribution in [0.2, 0.25) is 18.1 Å². The molecule has 1 unspecified atom stereocenters. The molecule has 9 nitrogen and oxygen atoms in total. The summed E-state index contributed by atoms with van der Waals surface area (Å²) in [7, 11) is -2.80. The molecule has 2 aromatic heterocycles. The van der Waals surface area contributed by atoms with E-state index in [1.54, 1.807) is 18.5 Å². The van der Waals surface area contributed by atoms with Gasteiger partial charge in [0.05, 0.1) is 12.4 Å². The molecule has 3 heterocycles. The molecule has 1 aliphatic rings. The fraction of sp³-hybridized carbons (Fsp3) is 0.556. The normalized spacial score (nSPS) is 22.0. The largest absolute Gasteiger partial charge is 0.407 e. The molecule has 1 aliphatic heterocycles. The maximum absolute atomic E-state index is 12.8. The summed E-state index contributed by atoms with van der Waals surface area (Å²) in [4.78, 5) is 26.2. The molecule has 4 rings (SSSR count). The number of nitrogens with zero attached hydrogens (tertiary/aromatic N) is 4. The van der Waals surface area contributed by atoms with Crippen LogP contribution in [0.3, 0.4) is 0 Å². The number of aromatic nitrogens is 4. The number of fused-ring (bicyclic) bond motifs is 1. The van der Waals surface area contributed by atoms with E-state index in [9.17, 15) is 4.79 Å². The minimum Gasteiger partial charge on any atom is -0.407 e. The summed E-state index contributed by atoms with van der Waals surface area (Å²) >= 11 is 0. The Morgan fingerprint density at radius 2 is 1.82 bits per heavy atom. The van der Waals surface area contributed by atoms with Gasteiger partial charge in [0.25, 0.3) is 5.91 Å². The molecule has 0 saturated carbocycles. The molecule has 38 heavy (non-hydrogen) atoms. The van der Waals surface area contributed by atoms with E-state index in [1.807, 2.05) is 22.8 Å². The third-order valence-corrected chi connectivity index (χ3v) is 12.3. The third kappa shape index (κ3) is 6.15. The Morgan fingerprint density at radius 3 is 2.42 bits per heavy atom. The summed E-state index contributed by atoms with van der Waals surface area (Å²) < 4.78 is 21.9. The lowest BCUT2D eigenvalue weighted by atomic mass is 10.1. The van der Waals surface area contributed by atoms with Gasteiger partial charge in [-0.1, -0.05) is 53.3 Å². The van der Waals surface area contributed by atoms with Crippen LogP contribution in [-0.4, -0.2) is 65.4 Å². The molecule has 1 amide bonds. The molecular formula is C27H42N5O4PSi. The third-order valence-electron chi connectivity index (χ3n) is 7.16. The number of carbonyl (C=O) groups is 1. The SMILES string of the molecule is C.CC[C@H]1O[C@@H](n2cnc3c(NC(=O)c4ccccc4)ncnc32)[C@@H](O[Si](C)(C)C(C)(C)C)C1OP(C)C. The van der Waals surface area contributed by atoms with Crippen LogP contribution < -0.4 is 5.32 Å². The minimum atomic E-state index is -2.17. The van der Waals surface area contributed by atoms with Gasteiger partial charge in [-0.3, -0.25) is 9.36 Å². The Labute approximate surface area is 228 Å². The number of imidazole rings is 1. The number of amides is 1. The highest BCUT2D eigenvalue weighted by Gasteiger charge is 2.51. The van der Waals surface area contributed by atoms with Crippen molar-refractivity contribution in [1.82, 2.24) is 19.5 Å². The number of hydrogen-bond acceptors (Lipinski definition) is 7. The van der Waals surface area contributed by atoms with Crippen LogP contribution in [0.1, 0.15) is 58.1 Å². The van der Waals surface area contributed by atoms with E-state index in [1.165, 1.54) is 6.33 Å². The Kier molecular flexibility index (Phi) is 9.48. The number of anilines is 1. The monoisotopic (exact) mass is 559 g/mol. The van der Waals surface area contributed by atoms with E-state index in [2.05, 4.69) is 74.4 Å². The van der Waals surface area contributed by atoms with E-state index < -0.39 is 22.7 Å². The van der Waals surface area contributed by atoms with Gasteiger partial charge in [-0.15, -0.1) is 0 Å². The first-order valence-corrected chi connectivity index (χ1v) is 17.7. The first-order chi connectivity index (χ1) is 17.4. The molecule has 0 bridgehead atoms. The van der Waals surface area contributed by atoms with Crippen LogP contribution >= 0.6 is 8.15 Å². The zero-order valence-electron chi connectivity index (χ0n) is 22.9. The summed E-state index contributed by atoms with van der Waals surface area (Å²) in [5.41, 5.74) is 1.60. The van der Waals surface area contributed by atoms with E-state index >= 15 is 0 Å². The Bertz CT molecular complexity index is 1230. The zero-order chi connectivity index (χ0) is 27.0. The fourth-order valence-electron chi connectivity index (χ4n) is 4.17. The van der Waals surface area contributed by atoms with Crippen molar-refractivity contribution < 1.29 is 18.5 Å². The Morgan fingerprint density at radius 1 is 1.13 bits per heavy atom. The molecule has 1 fully saturated rings. The van der Waals surface area contributed by atoms with Crippen molar-refractivity contribution in [3.05, 3.63) is 48.5 Å². The topological polar surface area (TPSA) is 100 Å². The molecule has 208 valence electrons. The van der Waals surface area contributed by atoms with Crippen LogP contribution in [0, 0.1) is 0 Å². The highest BCUT2D eigenvalue weighted by Crippen LogP contribution is 2.46. The summed E-state index contributed by atoms with van der Waals surface area (Å²) in [6, 6.07) is 9.01. The standard InChI is InChI=1S/C26H38N5O4PSi.CH4/c1-9-18-20(34-36(5)6)21(35-37(7,8)26(2,3)4)25(33-18)31-16-29-19-22(27-15-28-23(19)31)30-24(32)17-13-11-10-12-14-17;/h10-16,18,20-21,25H,9H2,1-8H3,(H,27,28,30,32);1H4/t18-,20?,21+,25-;/m1./s1. The molecule has 11 heteroatoms. The van der Waals surface area contributed by atoms with Crippen molar-refractivity contribution in [1.29, 1.82) is 0 Å². The Balaban J connectivity index is 0.00000400. The molecule has 0 aliphatic carbocycles. The summed E-state index contributed by atoms with van der Waals surface area (Å²) in [6.07, 6.45) is 2.79. The van der Waals surface area contributed by atoms with Crippen LogP contribution in [-0.2, 0) is 13.7 Å². The van der Waals surface area contributed by atoms with Gasteiger partial charge in [-0.25, -0.2) is 15.0 Å². The zero-order valence-corrected chi connectivity index (χ0v) is 24.8. The average Bonchev–Trinajstić information content (AvgIpc) is 3.40. The maximum Gasteiger partial charge on any atom is 0.256 e. The second-order valence-corrected chi connectivity index (χ2v) is 17.7. The number of rotatable bonds is 8. The van der Waals surface area contributed by atoms with Crippen molar-refractivity contribution in [2.45, 2.75) is 84.2 Å². The van der Waals surface area contributed by atoms with Gasteiger partial charge in [0, 0.05) is 13.7 Å². The van der Waals surface area contributed by atoms with Crippen LogP contribution in [0.5, 0.6) is 0 Å². The number of carbonyl (C=O) groups excluding carboxylic acids is 1. The van der Waals surface area contributed by atoms with E-state index in [0.29, 0.717) is 22.5 Å². The Hall–Kier alpha value is -2.23. The molecule has 4 atom stereocenters. The lowest BCUT2D eigenvalue weighted by molar-refractivity contribution is -0.0323. The van der Waals surface area contributed by atoms with Crippen LogP contribution in [0.4, 0.5) is 5.82 Å². The van der Waals surface area contributed by atoms with Crippen molar-refractivity contribution in [3.63, 3.8) is 0 Å². The number of benzene rings is 1. The second-order valence-electron chi connectivity index (χ2n) is 11.1. The van der Waals surface area contributed by atoms with Gasteiger partial charge in [0.15, 0.2) is 31.5 Å². The predicted octanol–water partition coefficient (Wildman–Crippen LogP) is 6.45. The number of hydrogen-bond donors (Lipinski definition) is 1. The van der Waals surface area contributed by atoms with Gasteiger partial charge in [0.1, 0.15) is 18.5 Å². The first-order valence-electron chi connectivity index (χ1n) is 12.6. The van der Waals surface area contributed by atoms with Crippen molar-refractivity contribution in [3.8, 4) is 0 Å². The average molecular weight is 560 g/mol. The minimum absolute atomic E-state index is 0. The number of nitrogens with one attached hydrogen (secondary N) is 1. The highest BCUT2D eigenvalue weighted by atomic mass is 31.1. The summed E-state index contributed by atoms with van der Waals surface area (Å²) in [6.45, 7) is 17.5. The lowest BCUT2D eigenvalue weighted by Gasteiger charge is -2.40. The van der Waals surface area contributed by atoms with Gasteiger partial charge >= 0.3 is 0 Å². The first kappa shape index (κ1) is 30.3. The predicted molar refractivity (Wildman–Crippen MR) is 156 cm³/mol. The highest BCUT2D eigenvalue weighted by molar-refractivity contribution is 7.50. The fourth-order valence-corrected chi connectivity index (χ4v) is 6.20. The second kappa shape index (κ2) is 11.9. The molecule has 1 N–H and O–H groups in total. The van der Waals surface area contributed by atoms with E-state index in [4.69, 9.17) is 13.7 Å². The molecule has 0 radical (unpaired) electrons. The van der Waals surface area contributed by atoms with Crippen molar-refractivity contribution in [2.75, 3.05) is 18.6 Å². The van der Waals surface area contributed by atoms with Gasteiger partial charge < -0.3 is 19.0 Å². The van der Waals surface area contributed by atoms with Gasteiger partial charge in [-0.2, -0.15) is 0 Å². The van der Waals surface area contributed by atoms with Crippen LogP contribution in [0.25, 0.3) is 11.2 Å². The van der Waals surface area contributed by atoms with Gasteiger partial charge in [-0.05, 0) is 50.0 Å². The van der Waals surface area contributed by atoms with E-state index in [-0.39, 0.29) is 36.7 Å². The smallest absolute Gasteiger partial charge is 0.256 e. The summed E-state index contributed by atoms with van der Waals surface area (Å²) in [5.74, 6) is 0.0908. The molecule has 0 spiro atoms.